The van der Waals surface area contributed by atoms with E-state index < -0.39 is 0 Å². The molecule has 0 aliphatic carbocycles. The van der Waals surface area contributed by atoms with Gasteiger partial charge in [0.1, 0.15) is 0 Å². The van der Waals surface area contributed by atoms with E-state index in [4.69, 9.17) is 0 Å². The first-order valence-electron chi connectivity index (χ1n) is 8.40. The van der Waals surface area contributed by atoms with Crippen molar-refractivity contribution in [2.75, 3.05) is 5.75 Å². The highest BCUT2D eigenvalue weighted by Gasteiger charge is 2.21. The van der Waals surface area contributed by atoms with Crippen molar-refractivity contribution < 1.29 is 4.79 Å². The van der Waals surface area contributed by atoms with Crippen LogP contribution in [-0.4, -0.2) is 38.2 Å². The lowest BCUT2D eigenvalue weighted by atomic mass is 10.2. The van der Waals surface area contributed by atoms with Crippen molar-refractivity contribution in [1.82, 2.24) is 14.5 Å². The molecule has 0 aliphatic rings. The Morgan fingerprint density at radius 2 is 1.92 bits per heavy atom. The van der Waals surface area contributed by atoms with Crippen LogP contribution < -0.4 is 5.56 Å². The molecule has 0 saturated heterocycles. The molecule has 0 radical (unpaired) electrons. The van der Waals surface area contributed by atoms with Gasteiger partial charge < -0.3 is 4.90 Å². The zero-order chi connectivity index (χ0) is 18.7. The summed E-state index contributed by atoms with van der Waals surface area (Å²) in [4.78, 5) is 31.8. The third-order valence-electron chi connectivity index (χ3n) is 3.92. The first kappa shape index (κ1) is 20.0. The number of hydrogen-bond acceptors (Lipinski definition) is 4. The van der Waals surface area contributed by atoms with Gasteiger partial charge in [-0.2, -0.15) is 0 Å². The number of nitrogens with zero attached hydrogens (tertiary/aromatic N) is 3. The predicted molar refractivity (Wildman–Crippen MR) is 107 cm³/mol. The van der Waals surface area contributed by atoms with Crippen molar-refractivity contribution in [3.05, 3.63) is 33.0 Å². The van der Waals surface area contributed by atoms with Gasteiger partial charge in [-0.15, -0.1) is 0 Å². The Labute approximate surface area is 160 Å². The number of fused-ring (bicyclic) bond motifs is 1. The number of halogens is 1. The molecule has 0 spiro atoms. The van der Waals surface area contributed by atoms with Gasteiger partial charge in [-0.25, -0.2) is 4.98 Å². The Kier molecular flexibility index (Phi) is 6.68. The van der Waals surface area contributed by atoms with E-state index in [1.807, 2.05) is 51.7 Å². The van der Waals surface area contributed by atoms with Gasteiger partial charge in [-0.1, -0.05) is 27.7 Å². The predicted octanol–water partition coefficient (Wildman–Crippen LogP) is 3.92. The number of benzene rings is 1. The van der Waals surface area contributed by atoms with Gasteiger partial charge >= 0.3 is 0 Å². The van der Waals surface area contributed by atoms with Gasteiger partial charge in [0.05, 0.1) is 16.7 Å². The van der Waals surface area contributed by atoms with E-state index in [0.717, 1.165) is 4.47 Å². The van der Waals surface area contributed by atoms with Crippen molar-refractivity contribution >= 4 is 44.5 Å². The smallest absolute Gasteiger partial charge is 0.262 e. The van der Waals surface area contributed by atoms with E-state index in [0.29, 0.717) is 22.6 Å². The molecule has 2 aromatic rings. The SMILES string of the molecule is CCn1c(SCC(=O)N(C(C)C)C(C)C)nc2ccc(Br)cc2c1=O. The number of carbonyl (C=O) groups is 1. The summed E-state index contributed by atoms with van der Waals surface area (Å²) in [6.07, 6.45) is 0. The van der Waals surface area contributed by atoms with Crippen molar-refractivity contribution in [3.63, 3.8) is 0 Å². The second kappa shape index (κ2) is 8.36. The van der Waals surface area contributed by atoms with Gasteiger partial charge in [0.25, 0.3) is 5.56 Å². The molecule has 0 fully saturated rings. The summed E-state index contributed by atoms with van der Waals surface area (Å²) in [7, 11) is 0. The van der Waals surface area contributed by atoms with E-state index in [2.05, 4.69) is 20.9 Å². The van der Waals surface area contributed by atoms with E-state index >= 15 is 0 Å². The third kappa shape index (κ3) is 4.44. The van der Waals surface area contributed by atoms with Crippen LogP contribution in [0.25, 0.3) is 10.9 Å². The van der Waals surface area contributed by atoms with E-state index in [1.54, 1.807) is 10.6 Å². The highest BCUT2D eigenvalue weighted by Crippen LogP contribution is 2.21. The standard InChI is InChI=1S/C18H24BrN3O2S/c1-6-21-17(24)14-9-13(19)7-8-15(14)20-18(21)25-10-16(23)22(11(2)3)12(4)5/h7-9,11-12H,6,10H2,1-5H3. The fraction of sp³-hybridized carbons (Fsp3) is 0.500. The van der Waals surface area contributed by atoms with Gasteiger partial charge in [0.2, 0.25) is 5.91 Å². The monoisotopic (exact) mass is 425 g/mol. The Balaban J connectivity index is 2.33. The molecule has 1 aromatic carbocycles. The van der Waals surface area contributed by atoms with Crippen LogP contribution in [0.1, 0.15) is 34.6 Å². The largest absolute Gasteiger partial charge is 0.337 e. The van der Waals surface area contributed by atoms with Crippen LogP contribution in [0.3, 0.4) is 0 Å². The van der Waals surface area contributed by atoms with Crippen molar-refractivity contribution in [1.29, 1.82) is 0 Å². The Morgan fingerprint density at radius 3 is 2.48 bits per heavy atom. The molecule has 1 amide bonds. The van der Waals surface area contributed by atoms with Crippen molar-refractivity contribution in [2.45, 2.75) is 58.4 Å². The van der Waals surface area contributed by atoms with E-state index in [9.17, 15) is 9.59 Å². The molecule has 0 atom stereocenters. The lowest BCUT2D eigenvalue weighted by Gasteiger charge is -2.30. The normalized spacial score (nSPS) is 11.5. The van der Waals surface area contributed by atoms with Crippen LogP contribution in [0, 0.1) is 0 Å². The minimum atomic E-state index is -0.0756. The molecule has 1 heterocycles. The molecule has 7 heteroatoms. The average Bonchev–Trinajstić information content (AvgIpc) is 2.53. The zero-order valence-electron chi connectivity index (χ0n) is 15.2. The third-order valence-corrected chi connectivity index (χ3v) is 5.38. The maximum absolute atomic E-state index is 12.7. The fourth-order valence-electron chi connectivity index (χ4n) is 2.93. The van der Waals surface area contributed by atoms with Gasteiger partial charge in [-0.3, -0.25) is 14.2 Å². The molecule has 1 aromatic heterocycles. The number of hydrogen-bond donors (Lipinski definition) is 0. The van der Waals surface area contributed by atoms with Crippen LogP contribution in [0.5, 0.6) is 0 Å². The average molecular weight is 426 g/mol. The lowest BCUT2D eigenvalue weighted by molar-refractivity contribution is -0.131. The first-order chi connectivity index (χ1) is 11.8. The molecule has 0 saturated carbocycles. The molecule has 5 nitrogen and oxygen atoms in total. The number of carbonyl (C=O) groups excluding carboxylic acids is 1. The summed E-state index contributed by atoms with van der Waals surface area (Å²) in [5.74, 6) is 0.327. The van der Waals surface area contributed by atoms with Crippen LogP contribution in [0.4, 0.5) is 0 Å². The van der Waals surface area contributed by atoms with Crippen molar-refractivity contribution in [3.8, 4) is 0 Å². The summed E-state index contributed by atoms with van der Waals surface area (Å²) >= 11 is 4.72. The molecule has 25 heavy (non-hydrogen) atoms. The highest BCUT2D eigenvalue weighted by molar-refractivity contribution is 9.10. The fourth-order valence-corrected chi connectivity index (χ4v) is 4.23. The van der Waals surface area contributed by atoms with Crippen LogP contribution in [0.15, 0.2) is 32.6 Å². The zero-order valence-corrected chi connectivity index (χ0v) is 17.6. The lowest BCUT2D eigenvalue weighted by Crippen LogP contribution is -2.43. The molecule has 0 unspecified atom stereocenters. The quantitative estimate of drug-likeness (QED) is 0.519. The van der Waals surface area contributed by atoms with E-state index in [1.165, 1.54) is 11.8 Å². The molecule has 2 rings (SSSR count). The van der Waals surface area contributed by atoms with Gasteiger partial charge in [0.15, 0.2) is 5.16 Å². The van der Waals surface area contributed by atoms with Crippen LogP contribution in [0.2, 0.25) is 0 Å². The summed E-state index contributed by atoms with van der Waals surface area (Å²) in [5, 5.41) is 1.17. The van der Waals surface area contributed by atoms with Crippen LogP contribution >= 0.6 is 27.7 Å². The first-order valence-corrected chi connectivity index (χ1v) is 10.2. The summed E-state index contributed by atoms with van der Waals surface area (Å²) in [5.41, 5.74) is 0.575. The molecule has 0 bridgehead atoms. The summed E-state index contributed by atoms with van der Waals surface area (Å²) in [6, 6.07) is 5.76. The number of aromatic nitrogens is 2. The number of rotatable bonds is 6. The second-order valence-electron chi connectivity index (χ2n) is 6.38. The maximum Gasteiger partial charge on any atom is 0.262 e. The minimum Gasteiger partial charge on any atom is -0.337 e. The highest BCUT2D eigenvalue weighted by atomic mass is 79.9. The summed E-state index contributed by atoms with van der Waals surface area (Å²) < 4.78 is 2.48. The van der Waals surface area contributed by atoms with Crippen molar-refractivity contribution in [2.24, 2.45) is 0 Å². The Morgan fingerprint density at radius 1 is 1.28 bits per heavy atom. The minimum absolute atomic E-state index is 0.0582. The summed E-state index contributed by atoms with van der Waals surface area (Å²) in [6.45, 7) is 10.5. The molecule has 136 valence electrons. The van der Waals surface area contributed by atoms with E-state index in [-0.39, 0.29) is 29.3 Å². The van der Waals surface area contributed by atoms with Gasteiger partial charge in [-0.05, 0) is 52.8 Å². The topological polar surface area (TPSA) is 55.2 Å². The maximum atomic E-state index is 12.7. The molecule has 0 aliphatic heterocycles. The Hall–Kier alpha value is -1.34. The number of thioether (sulfide) groups is 1. The van der Waals surface area contributed by atoms with Crippen LogP contribution in [-0.2, 0) is 11.3 Å². The second-order valence-corrected chi connectivity index (χ2v) is 8.24. The Bertz CT molecular complexity index is 825. The molecular formula is C18H24BrN3O2S. The molecular weight excluding hydrogens is 402 g/mol. The van der Waals surface area contributed by atoms with Gasteiger partial charge in [0, 0.05) is 23.1 Å². The molecule has 0 N–H and O–H groups in total. The number of amides is 1.